The molecule has 78 heavy (non-hydrogen) atoms. The van der Waals surface area contributed by atoms with Crippen LogP contribution in [0.15, 0.2) is 64.8 Å². The Labute approximate surface area is 470 Å². The largest absolute Gasteiger partial charge is 0.468 e. The molecule has 0 radical (unpaired) electrons. The molecule has 1 unspecified atom stereocenters. The van der Waals surface area contributed by atoms with Gasteiger partial charge < -0.3 is 46.3 Å². The van der Waals surface area contributed by atoms with Gasteiger partial charge in [0, 0.05) is 40.7 Å². The standard InChI is InChI=1S/C50H50N12O10S6/c1-22(2)36(49-62-39(32(78-49)18-70-5)42(67)53-17-34(64)71-6)60-43(68)37-23(3)76-47(61-37)27(15-33(63)52-4)56-41(66)29-20-73-44(58-29)25-13-14-26(45-54-16-31(77-45)50(69)72-7)55-38(25)28-19-74-46(57-28)30-21-75-48(59-30)35(51)40(65)24-11-9-8-10-12-24/h8-14,16,19-22,27,35-36,40,65H,15,17-18,51H2,1-7H3,(H,52,63)(H,53,67)(H,56,66)(H,60,68)/t27-,35-,36-,40?/m0/s1. The summed E-state index contributed by atoms with van der Waals surface area (Å²) in [6.07, 6.45) is 0.209. The number of thiazole rings is 6. The third kappa shape index (κ3) is 13.0. The lowest BCUT2D eigenvalue weighted by molar-refractivity contribution is -0.139. The molecule has 7 heterocycles. The van der Waals surface area contributed by atoms with E-state index < -0.39 is 59.8 Å². The van der Waals surface area contributed by atoms with Gasteiger partial charge in [-0.05, 0) is 30.5 Å². The van der Waals surface area contributed by atoms with E-state index in [0.29, 0.717) is 68.7 Å². The van der Waals surface area contributed by atoms with Gasteiger partial charge in [0.2, 0.25) is 5.91 Å². The van der Waals surface area contributed by atoms with Crippen molar-refractivity contribution in [1.29, 1.82) is 0 Å². The lowest BCUT2D eigenvalue weighted by Gasteiger charge is -2.20. The predicted molar refractivity (Wildman–Crippen MR) is 296 cm³/mol. The van der Waals surface area contributed by atoms with E-state index in [4.69, 9.17) is 35.1 Å². The smallest absolute Gasteiger partial charge is 0.349 e. The molecule has 0 aliphatic carbocycles. The quantitative estimate of drug-likeness (QED) is 0.0369. The second-order valence-electron chi connectivity index (χ2n) is 17.2. The normalized spacial score (nSPS) is 12.8. The van der Waals surface area contributed by atoms with Crippen molar-refractivity contribution in [2.45, 2.75) is 58.0 Å². The second kappa shape index (κ2) is 25.5. The van der Waals surface area contributed by atoms with E-state index in [2.05, 4.69) is 41.0 Å². The highest BCUT2D eigenvalue weighted by Crippen LogP contribution is 2.39. The molecule has 8 aromatic rings. The van der Waals surface area contributed by atoms with Crippen LogP contribution in [0.25, 0.3) is 43.4 Å². The van der Waals surface area contributed by atoms with Crippen LogP contribution in [-0.4, -0.2) is 110 Å². The maximum absolute atomic E-state index is 14.2. The Morgan fingerprint density at radius 3 is 2.18 bits per heavy atom. The van der Waals surface area contributed by atoms with Crippen molar-refractivity contribution in [3.63, 3.8) is 0 Å². The number of nitrogens with one attached hydrogen (secondary N) is 4. The van der Waals surface area contributed by atoms with Gasteiger partial charge in [0.25, 0.3) is 17.7 Å². The molecule has 1 aromatic carbocycles. The summed E-state index contributed by atoms with van der Waals surface area (Å²) in [5, 5.41) is 29.8. The summed E-state index contributed by atoms with van der Waals surface area (Å²) >= 11 is 7.22. The summed E-state index contributed by atoms with van der Waals surface area (Å²) in [6.45, 7) is 5.14. The number of aliphatic hydroxyl groups is 1. The zero-order chi connectivity index (χ0) is 55.8. The number of aliphatic hydroxyl groups excluding tert-OH is 1. The zero-order valence-electron chi connectivity index (χ0n) is 42.6. The number of carbonyl (C=O) groups excluding carboxylic acids is 6. The van der Waals surface area contributed by atoms with Gasteiger partial charge in [0.1, 0.15) is 81.7 Å². The number of carbonyl (C=O) groups is 6. The number of aryl methyl sites for hydroxylation is 1. The number of hydrogen-bond acceptors (Lipinski definition) is 24. The second-order valence-corrected chi connectivity index (χ2v) is 23.2. The van der Waals surface area contributed by atoms with Crippen LogP contribution >= 0.6 is 68.0 Å². The SMILES string of the molecule is CNC(=O)C[C@H](NC(=O)c1csc(-c2ccc(-c3ncc(C(=O)OC)s3)nc2-c2csc(-c3csc([C@@H](N)C(O)c4ccccc4)n3)n2)n1)c1nc(C(=O)N[C@H](c2nc(C(=O)NCC(=O)OC)c(COC)s2)C(C)C)c(C)s1. The Balaban J connectivity index is 1.05. The predicted octanol–water partition coefficient (Wildman–Crippen LogP) is 7.10. The van der Waals surface area contributed by atoms with Crippen molar-refractivity contribution < 1.29 is 48.1 Å². The molecule has 4 amide bonds. The third-order valence-electron chi connectivity index (χ3n) is 11.6. The first-order valence-electron chi connectivity index (χ1n) is 23.5. The molecule has 8 rings (SSSR count). The highest BCUT2D eigenvalue weighted by atomic mass is 32.1. The van der Waals surface area contributed by atoms with E-state index >= 15 is 0 Å². The molecule has 0 aliphatic heterocycles. The van der Waals surface area contributed by atoms with Crippen LogP contribution in [0, 0.1) is 12.8 Å². The molecule has 0 aliphatic rings. The number of benzene rings is 1. The molecule has 0 bridgehead atoms. The van der Waals surface area contributed by atoms with Crippen molar-refractivity contribution >= 4 is 104 Å². The van der Waals surface area contributed by atoms with Gasteiger partial charge in [0.15, 0.2) is 0 Å². The van der Waals surface area contributed by atoms with Gasteiger partial charge in [-0.1, -0.05) is 44.2 Å². The molecule has 22 nitrogen and oxygen atoms in total. The number of nitrogens with zero attached hydrogens (tertiary/aromatic N) is 7. The van der Waals surface area contributed by atoms with Crippen molar-refractivity contribution in [3.8, 4) is 43.4 Å². The van der Waals surface area contributed by atoms with Crippen LogP contribution in [0.5, 0.6) is 0 Å². The number of methoxy groups -OCH3 is 3. The van der Waals surface area contributed by atoms with E-state index in [0.717, 1.165) is 22.7 Å². The van der Waals surface area contributed by atoms with Crippen LogP contribution < -0.4 is 27.0 Å². The number of amides is 4. The van der Waals surface area contributed by atoms with Crippen molar-refractivity contribution in [1.82, 2.24) is 56.2 Å². The topological polar surface area (TPSA) is 315 Å². The fourth-order valence-corrected chi connectivity index (χ4v) is 13.0. The minimum atomic E-state index is -0.990. The number of pyridine rings is 1. The van der Waals surface area contributed by atoms with Crippen LogP contribution in [0.3, 0.4) is 0 Å². The minimum absolute atomic E-state index is 0.0261. The Bertz CT molecular complexity index is 3480. The zero-order valence-corrected chi connectivity index (χ0v) is 47.5. The number of nitrogens with two attached hydrogens (primary N) is 1. The van der Waals surface area contributed by atoms with Crippen LogP contribution in [0.2, 0.25) is 0 Å². The van der Waals surface area contributed by atoms with Crippen molar-refractivity contribution in [3.05, 3.63) is 117 Å². The number of rotatable bonds is 22. The number of hydrogen-bond donors (Lipinski definition) is 6. The maximum atomic E-state index is 14.2. The lowest BCUT2D eigenvalue weighted by Crippen LogP contribution is -2.34. The first-order chi connectivity index (χ1) is 37.5. The fourth-order valence-electron chi connectivity index (χ4n) is 7.50. The highest BCUT2D eigenvalue weighted by Gasteiger charge is 2.31. The summed E-state index contributed by atoms with van der Waals surface area (Å²) < 4.78 is 14.8. The first kappa shape index (κ1) is 57.0. The average Bonchev–Trinajstić information content (AvgIpc) is 4.34. The summed E-state index contributed by atoms with van der Waals surface area (Å²) in [5.41, 5.74) is 9.64. The Morgan fingerprint density at radius 2 is 1.46 bits per heavy atom. The summed E-state index contributed by atoms with van der Waals surface area (Å²) in [6, 6.07) is 10.1. The molecule has 7 aromatic heterocycles. The Morgan fingerprint density at radius 1 is 0.718 bits per heavy atom. The van der Waals surface area contributed by atoms with E-state index in [1.54, 1.807) is 36.6 Å². The summed E-state index contributed by atoms with van der Waals surface area (Å²) in [5.74, 6) is -3.58. The molecule has 7 N–H and O–H groups in total. The van der Waals surface area contributed by atoms with E-state index in [9.17, 15) is 33.9 Å². The molecule has 28 heteroatoms. The Hall–Kier alpha value is -7.15. The molecular weight excluding hydrogens is 1120 g/mol. The number of esters is 2. The minimum Gasteiger partial charge on any atom is -0.468 e. The lowest BCUT2D eigenvalue weighted by atomic mass is 10.0. The van der Waals surface area contributed by atoms with Gasteiger partial charge in [-0.25, -0.2) is 39.7 Å². The first-order valence-corrected chi connectivity index (χ1v) is 28.6. The average molecular weight is 1170 g/mol. The van der Waals surface area contributed by atoms with Crippen LogP contribution in [0.1, 0.15) is 116 Å². The maximum Gasteiger partial charge on any atom is 0.349 e. The summed E-state index contributed by atoms with van der Waals surface area (Å²) in [4.78, 5) is 113. The van der Waals surface area contributed by atoms with Crippen LogP contribution in [0.4, 0.5) is 0 Å². The molecule has 4 atom stereocenters. The van der Waals surface area contributed by atoms with Gasteiger partial charge in [-0.15, -0.1) is 68.0 Å². The number of aromatic nitrogens is 7. The molecule has 406 valence electrons. The van der Waals surface area contributed by atoms with Gasteiger partial charge in [-0.2, -0.15) is 0 Å². The highest BCUT2D eigenvalue weighted by molar-refractivity contribution is 7.17. The molecule has 0 saturated carbocycles. The van der Waals surface area contributed by atoms with E-state index in [1.807, 2.05) is 42.8 Å². The molecule has 0 fully saturated rings. The van der Waals surface area contributed by atoms with Gasteiger partial charge in [0.05, 0.1) is 62.1 Å². The molecule has 0 saturated heterocycles. The van der Waals surface area contributed by atoms with Crippen LogP contribution in [-0.2, 0) is 30.4 Å². The molecular formula is C50H50N12O10S6. The van der Waals surface area contributed by atoms with Crippen molar-refractivity contribution in [2.24, 2.45) is 11.7 Å². The van der Waals surface area contributed by atoms with Gasteiger partial charge in [-0.3, -0.25) is 24.0 Å². The van der Waals surface area contributed by atoms with E-state index in [1.165, 1.54) is 79.9 Å². The molecule has 0 spiro atoms. The van der Waals surface area contributed by atoms with Gasteiger partial charge >= 0.3 is 11.9 Å². The fraction of sp³-hybridized carbons (Fsp3) is 0.300. The van der Waals surface area contributed by atoms with Crippen molar-refractivity contribution in [2.75, 3.05) is 34.9 Å². The number of ether oxygens (including phenoxy) is 3. The van der Waals surface area contributed by atoms with E-state index in [-0.39, 0.29) is 52.5 Å². The monoisotopic (exact) mass is 1170 g/mol. The third-order valence-corrected chi connectivity index (χ3v) is 17.5. The Kier molecular flexibility index (Phi) is 18.7. The summed E-state index contributed by atoms with van der Waals surface area (Å²) in [7, 11) is 5.43.